The van der Waals surface area contributed by atoms with E-state index in [4.69, 9.17) is 4.74 Å². The number of hydrogen-bond donors (Lipinski definition) is 1. The summed E-state index contributed by atoms with van der Waals surface area (Å²) in [5.41, 5.74) is 1.53. The average molecular weight is 341 g/mol. The minimum absolute atomic E-state index is 0.0723. The van der Waals surface area contributed by atoms with E-state index >= 15 is 0 Å². The molecule has 0 saturated carbocycles. The first kappa shape index (κ1) is 18.1. The minimum Gasteiger partial charge on any atom is -0.452 e. The summed E-state index contributed by atoms with van der Waals surface area (Å²) in [6.07, 6.45) is 2.51. The Kier molecular flexibility index (Phi) is 6.17. The van der Waals surface area contributed by atoms with Gasteiger partial charge in [-0.3, -0.25) is 9.59 Å². The highest BCUT2D eigenvalue weighted by molar-refractivity contribution is 5.96. The first-order valence-corrected chi connectivity index (χ1v) is 7.45. The van der Waals surface area contributed by atoms with Gasteiger partial charge in [0, 0.05) is 17.3 Å². The van der Waals surface area contributed by atoms with Gasteiger partial charge in [0.1, 0.15) is 5.82 Å². The van der Waals surface area contributed by atoms with Crippen molar-refractivity contribution in [1.82, 2.24) is 0 Å². The summed E-state index contributed by atoms with van der Waals surface area (Å²) in [5.74, 6) is -1.71. The number of carbonyl (C=O) groups excluding carboxylic acids is 3. The molecule has 0 aliphatic rings. The lowest BCUT2D eigenvalue weighted by molar-refractivity contribution is -0.142. The standard InChI is InChI=1S/C19H16FNO4/c1-13(22)15-6-8-17(9-7-15)21-18(23)12-25-19(24)10-5-14-3-2-4-16(20)11-14/h2-11H,12H2,1H3,(H,21,23)/b10-5+. The van der Waals surface area contributed by atoms with E-state index in [0.717, 1.165) is 6.08 Å². The van der Waals surface area contributed by atoms with Gasteiger partial charge in [0.2, 0.25) is 0 Å². The molecule has 6 heteroatoms. The van der Waals surface area contributed by atoms with Crippen LogP contribution < -0.4 is 5.32 Å². The van der Waals surface area contributed by atoms with Crippen LogP contribution in [0.2, 0.25) is 0 Å². The van der Waals surface area contributed by atoms with Gasteiger partial charge in [-0.25, -0.2) is 9.18 Å². The maximum Gasteiger partial charge on any atom is 0.331 e. The third-order valence-corrected chi connectivity index (χ3v) is 3.18. The highest BCUT2D eigenvalue weighted by atomic mass is 19.1. The second-order valence-electron chi connectivity index (χ2n) is 5.18. The largest absolute Gasteiger partial charge is 0.452 e. The molecule has 0 spiro atoms. The first-order valence-electron chi connectivity index (χ1n) is 7.45. The lowest BCUT2D eigenvalue weighted by atomic mass is 10.1. The van der Waals surface area contributed by atoms with E-state index in [1.54, 1.807) is 30.3 Å². The van der Waals surface area contributed by atoms with Crippen LogP contribution in [0.1, 0.15) is 22.8 Å². The summed E-state index contributed by atoms with van der Waals surface area (Å²) in [7, 11) is 0. The average Bonchev–Trinajstić information content (AvgIpc) is 2.58. The summed E-state index contributed by atoms with van der Waals surface area (Å²) in [5, 5.41) is 2.54. The van der Waals surface area contributed by atoms with E-state index in [1.807, 2.05) is 0 Å². The maximum absolute atomic E-state index is 13.0. The Hall–Kier alpha value is -3.28. The molecular formula is C19H16FNO4. The molecule has 1 amide bonds. The minimum atomic E-state index is -0.716. The molecule has 2 aromatic rings. The van der Waals surface area contributed by atoms with Crippen LogP contribution in [0, 0.1) is 5.82 Å². The maximum atomic E-state index is 13.0. The summed E-state index contributed by atoms with van der Waals surface area (Å²) in [6.45, 7) is 0.991. The zero-order valence-electron chi connectivity index (χ0n) is 13.5. The summed E-state index contributed by atoms with van der Waals surface area (Å²) in [4.78, 5) is 34.5. The molecule has 0 aromatic heterocycles. The normalized spacial score (nSPS) is 10.5. The number of esters is 1. The number of anilines is 1. The number of amides is 1. The van der Waals surface area contributed by atoms with Gasteiger partial charge in [-0.05, 0) is 55.0 Å². The van der Waals surface area contributed by atoms with Crippen LogP contribution in [0.25, 0.3) is 6.08 Å². The number of ether oxygens (including phenoxy) is 1. The Morgan fingerprint density at radius 1 is 1.12 bits per heavy atom. The number of Topliss-reactive ketones (excluding diaryl/α,β-unsaturated/α-hetero) is 1. The van der Waals surface area contributed by atoms with Crippen molar-refractivity contribution in [1.29, 1.82) is 0 Å². The number of nitrogens with one attached hydrogen (secondary N) is 1. The van der Waals surface area contributed by atoms with Gasteiger partial charge in [-0.1, -0.05) is 12.1 Å². The Labute approximate surface area is 144 Å². The van der Waals surface area contributed by atoms with Crippen molar-refractivity contribution in [2.24, 2.45) is 0 Å². The Morgan fingerprint density at radius 3 is 2.48 bits per heavy atom. The molecule has 2 aromatic carbocycles. The van der Waals surface area contributed by atoms with Gasteiger partial charge in [-0.15, -0.1) is 0 Å². The van der Waals surface area contributed by atoms with Crippen LogP contribution in [0.4, 0.5) is 10.1 Å². The fraction of sp³-hybridized carbons (Fsp3) is 0.105. The number of hydrogen-bond acceptors (Lipinski definition) is 4. The molecule has 0 saturated heterocycles. The van der Waals surface area contributed by atoms with Gasteiger partial charge >= 0.3 is 5.97 Å². The zero-order chi connectivity index (χ0) is 18.2. The van der Waals surface area contributed by atoms with E-state index in [2.05, 4.69) is 5.32 Å². The molecule has 25 heavy (non-hydrogen) atoms. The highest BCUT2D eigenvalue weighted by Gasteiger charge is 2.06. The summed E-state index contributed by atoms with van der Waals surface area (Å²) < 4.78 is 17.8. The predicted octanol–water partition coefficient (Wildman–Crippen LogP) is 3.22. The number of ketones is 1. The topological polar surface area (TPSA) is 72.5 Å². The van der Waals surface area contributed by atoms with E-state index < -0.39 is 24.3 Å². The number of benzene rings is 2. The summed E-state index contributed by atoms with van der Waals surface area (Å²) >= 11 is 0. The smallest absolute Gasteiger partial charge is 0.331 e. The Morgan fingerprint density at radius 2 is 1.84 bits per heavy atom. The molecule has 0 unspecified atom stereocenters. The molecule has 0 aliphatic carbocycles. The molecule has 128 valence electrons. The monoisotopic (exact) mass is 341 g/mol. The third kappa shape index (κ3) is 6.02. The van der Waals surface area contributed by atoms with Gasteiger partial charge in [0.05, 0.1) is 0 Å². The highest BCUT2D eigenvalue weighted by Crippen LogP contribution is 2.10. The van der Waals surface area contributed by atoms with Crippen molar-refractivity contribution in [2.75, 3.05) is 11.9 Å². The molecule has 1 N–H and O–H groups in total. The number of rotatable bonds is 6. The Balaban J connectivity index is 1.81. The fourth-order valence-corrected chi connectivity index (χ4v) is 1.94. The van der Waals surface area contributed by atoms with Crippen LogP contribution in [-0.4, -0.2) is 24.3 Å². The van der Waals surface area contributed by atoms with Gasteiger partial charge < -0.3 is 10.1 Å². The van der Waals surface area contributed by atoms with E-state index in [-0.39, 0.29) is 5.78 Å². The molecule has 2 rings (SSSR count). The van der Waals surface area contributed by atoms with Crippen molar-refractivity contribution < 1.29 is 23.5 Å². The van der Waals surface area contributed by atoms with E-state index in [0.29, 0.717) is 16.8 Å². The molecule has 0 atom stereocenters. The van der Waals surface area contributed by atoms with Crippen molar-refractivity contribution >= 4 is 29.4 Å². The van der Waals surface area contributed by atoms with Gasteiger partial charge in [0.25, 0.3) is 5.91 Å². The lowest BCUT2D eigenvalue weighted by Gasteiger charge is -2.06. The van der Waals surface area contributed by atoms with Crippen LogP contribution >= 0.6 is 0 Å². The van der Waals surface area contributed by atoms with Crippen molar-refractivity contribution in [3.8, 4) is 0 Å². The van der Waals surface area contributed by atoms with E-state index in [1.165, 1.54) is 31.2 Å². The summed E-state index contributed by atoms with van der Waals surface area (Å²) in [6, 6.07) is 12.1. The van der Waals surface area contributed by atoms with Crippen LogP contribution in [-0.2, 0) is 14.3 Å². The van der Waals surface area contributed by atoms with Gasteiger partial charge in [0.15, 0.2) is 12.4 Å². The third-order valence-electron chi connectivity index (χ3n) is 3.18. The molecule has 0 radical (unpaired) electrons. The van der Waals surface area contributed by atoms with Crippen molar-refractivity contribution in [3.05, 3.63) is 71.6 Å². The van der Waals surface area contributed by atoms with Crippen molar-refractivity contribution in [2.45, 2.75) is 6.92 Å². The zero-order valence-corrected chi connectivity index (χ0v) is 13.5. The van der Waals surface area contributed by atoms with Crippen molar-refractivity contribution in [3.63, 3.8) is 0 Å². The molecule has 0 bridgehead atoms. The molecule has 0 fully saturated rings. The first-order chi connectivity index (χ1) is 11.9. The van der Waals surface area contributed by atoms with Crippen LogP contribution in [0.3, 0.4) is 0 Å². The quantitative estimate of drug-likeness (QED) is 0.497. The molecule has 0 heterocycles. The Bertz CT molecular complexity index is 812. The van der Waals surface area contributed by atoms with Gasteiger partial charge in [-0.2, -0.15) is 0 Å². The van der Waals surface area contributed by atoms with E-state index in [9.17, 15) is 18.8 Å². The predicted molar refractivity (Wildman–Crippen MR) is 91.5 cm³/mol. The molecule has 5 nitrogen and oxygen atoms in total. The number of halogens is 1. The molecular weight excluding hydrogens is 325 g/mol. The second-order valence-corrected chi connectivity index (χ2v) is 5.18. The van der Waals surface area contributed by atoms with Crippen LogP contribution in [0.15, 0.2) is 54.6 Å². The molecule has 0 aliphatic heterocycles. The SMILES string of the molecule is CC(=O)c1ccc(NC(=O)COC(=O)/C=C/c2cccc(F)c2)cc1. The fourth-order valence-electron chi connectivity index (χ4n) is 1.94. The number of carbonyl (C=O) groups is 3. The lowest BCUT2D eigenvalue weighted by Crippen LogP contribution is -2.20. The second kappa shape index (κ2) is 8.54. The van der Waals surface area contributed by atoms with Crippen LogP contribution in [0.5, 0.6) is 0 Å².